The Morgan fingerprint density at radius 3 is 2.67 bits per heavy atom. The number of carbonyl (C=O) groups excluding carboxylic acids is 1. The third kappa shape index (κ3) is 2.71. The first-order valence-corrected chi connectivity index (χ1v) is 8.23. The Morgan fingerprint density at radius 1 is 1.24 bits per heavy atom. The first-order chi connectivity index (χ1) is 10.1. The number of anilines is 1. The molecule has 1 saturated heterocycles. The second-order valence-electron chi connectivity index (χ2n) is 4.51. The van der Waals surface area contributed by atoms with Gasteiger partial charge in [0.05, 0.1) is 10.6 Å². The molecule has 0 N–H and O–H groups in total. The first kappa shape index (κ1) is 14.6. The van der Waals surface area contributed by atoms with E-state index in [9.17, 15) is 4.79 Å². The summed E-state index contributed by atoms with van der Waals surface area (Å²) < 4.78 is 3.36. The van der Waals surface area contributed by atoms with Crippen LogP contribution in [0.2, 0.25) is 0 Å². The summed E-state index contributed by atoms with van der Waals surface area (Å²) in [5.74, 6) is -0.0851. The molecule has 1 aliphatic heterocycles. The standard InChI is InChI=1S/C15H11BrN2OS2/c1-17-8-4-5-10(17)9-13-14(19)18(15(20)21-13)12-7-3-2-6-11(12)16/h2-9H,1H3. The lowest BCUT2D eigenvalue weighted by atomic mass is 10.3. The molecule has 1 aromatic carbocycles. The van der Waals surface area contributed by atoms with Gasteiger partial charge in [0, 0.05) is 23.4 Å². The summed E-state index contributed by atoms with van der Waals surface area (Å²) in [4.78, 5) is 14.8. The molecule has 2 aromatic rings. The van der Waals surface area contributed by atoms with Crippen molar-refractivity contribution >= 4 is 61.9 Å². The molecule has 1 aliphatic rings. The number of aromatic nitrogens is 1. The number of carbonyl (C=O) groups is 1. The Hall–Kier alpha value is -1.37. The van der Waals surface area contributed by atoms with E-state index in [2.05, 4.69) is 15.9 Å². The van der Waals surface area contributed by atoms with Gasteiger partial charge in [-0.25, -0.2) is 0 Å². The van der Waals surface area contributed by atoms with Gasteiger partial charge in [-0.15, -0.1) is 0 Å². The van der Waals surface area contributed by atoms with Crippen LogP contribution in [0.25, 0.3) is 6.08 Å². The Morgan fingerprint density at radius 2 is 2.00 bits per heavy atom. The number of amides is 1. The molecule has 1 fully saturated rings. The van der Waals surface area contributed by atoms with Crippen LogP contribution in [-0.2, 0) is 11.8 Å². The lowest BCUT2D eigenvalue weighted by Gasteiger charge is -2.15. The predicted octanol–water partition coefficient (Wildman–Crippen LogP) is 4.19. The van der Waals surface area contributed by atoms with Crippen LogP contribution in [-0.4, -0.2) is 14.8 Å². The van der Waals surface area contributed by atoms with Crippen molar-refractivity contribution in [1.29, 1.82) is 0 Å². The number of para-hydroxylation sites is 1. The van der Waals surface area contributed by atoms with Gasteiger partial charge >= 0.3 is 0 Å². The van der Waals surface area contributed by atoms with E-state index in [-0.39, 0.29) is 5.91 Å². The number of hydrogen-bond donors (Lipinski definition) is 0. The maximum Gasteiger partial charge on any atom is 0.270 e. The highest BCUT2D eigenvalue weighted by Gasteiger charge is 2.34. The third-order valence-corrected chi connectivity index (χ3v) is 5.12. The van der Waals surface area contributed by atoms with Gasteiger partial charge in [0.1, 0.15) is 0 Å². The molecular weight excluding hydrogens is 368 g/mol. The van der Waals surface area contributed by atoms with Crippen molar-refractivity contribution in [2.45, 2.75) is 0 Å². The van der Waals surface area contributed by atoms with Crippen molar-refractivity contribution in [3.05, 3.63) is 57.7 Å². The van der Waals surface area contributed by atoms with Crippen LogP contribution in [0, 0.1) is 0 Å². The summed E-state index contributed by atoms with van der Waals surface area (Å²) in [6.45, 7) is 0. The van der Waals surface area contributed by atoms with Crippen molar-refractivity contribution in [3.63, 3.8) is 0 Å². The van der Waals surface area contributed by atoms with E-state index in [1.54, 1.807) is 4.90 Å². The molecule has 0 unspecified atom stereocenters. The molecule has 0 aliphatic carbocycles. The molecule has 2 heterocycles. The Balaban J connectivity index is 1.99. The maximum absolute atomic E-state index is 12.6. The smallest absolute Gasteiger partial charge is 0.270 e. The highest BCUT2D eigenvalue weighted by Crippen LogP contribution is 2.38. The number of nitrogens with zero attached hydrogens (tertiary/aromatic N) is 2. The zero-order chi connectivity index (χ0) is 15.0. The molecular formula is C15H11BrN2OS2. The maximum atomic E-state index is 12.6. The number of hydrogen-bond acceptors (Lipinski definition) is 3. The number of aryl methyl sites for hydroxylation is 1. The fraction of sp³-hybridized carbons (Fsp3) is 0.0667. The van der Waals surface area contributed by atoms with Crippen molar-refractivity contribution in [2.24, 2.45) is 7.05 Å². The molecule has 0 spiro atoms. The quantitative estimate of drug-likeness (QED) is 0.578. The van der Waals surface area contributed by atoms with Crippen molar-refractivity contribution in [2.75, 3.05) is 4.90 Å². The average Bonchev–Trinajstić information content (AvgIpc) is 2.97. The van der Waals surface area contributed by atoms with E-state index in [0.717, 1.165) is 15.9 Å². The van der Waals surface area contributed by atoms with Crippen LogP contribution in [0.3, 0.4) is 0 Å². The highest BCUT2D eigenvalue weighted by atomic mass is 79.9. The topological polar surface area (TPSA) is 25.2 Å². The molecule has 0 atom stereocenters. The zero-order valence-electron chi connectivity index (χ0n) is 11.1. The Bertz CT molecular complexity index is 767. The van der Waals surface area contributed by atoms with E-state index < -0.39 is 0 Å². The molecule has 21 heavy (non-hydrogen) atoms. The summed E-state index contributed by atoms with van der Waals surface area (Å²) in [6.07, 6.45) is 3.82. The van der Waals surface area contributed by atoms with Crippen LogP contribution < -0.4 is 4.90 Å². The van der Waals surface area contributed by atoms with Gasteiger partial charge < -0.3 is 4.57 Å². The predicted molar refractivity (Wildman–Crippen MR) is 95.2 cm³/mol. The van der Waals surface area contributed by atoms with Crippen LogP contribution >= 0.6 is 39.9 Å². The largest absolute Gasteiger partial charge is 0.351 e. The minimum Gasteiger partial charge on any atom is -0.351 e. The van der Waals surface area contributed by atoms with Gasteiger partial charge in [0.15, 0.2) is 4.32 Å². The Labute approximate surface area is 140 Å². The normalized spacial score (nSPS) is 17.0. The lowest BCUT2D eigenvalue weighted by Crippen LogP contribution is -2.27. The van der Waals surface area contributed by atoms with Crippen molar-refractivity contribution in [3.8, 4) is 0 Å². The highest BCUT2D eigenvalue weighted by molar-refractivity contribution is 9.10. The number of benzene rings is 1. The summed E-state index contributed by atoms with van der Waals surface area (Å²) >= 11 is 10.2. The SMILES string of the molecule is Cn1cccc1C=C1SC(=S)N(c2ccccc2Br)C1=O. The molecule has 1 amide bonds. The Kier molecular flexibility index (Phi) is 4.01. The second kappa shape index (κ2) is 5.79. The molecule has 0 radical (unpaired) electrons. The van der Waals surface area contributed by atoms with E-state index in [0.29, 0.717) is 9.23 Å². The summed E-state index contributed by atoms with van der Waals surface area (Å²) in [5, 5.41) is 0. The van der Waals surface area contributed by atoms with Crippen LogP contribution in [0.1, 0.15) is 5.69 Å². The fourth-order valence-electron chi connectivity index (χ4n) is 2.07. The van der Waals surface area contributed by atoms with Gasteiger partial charge in [-0.3, -0.25) is 9.69 Å². The van der Waals surface area contributed by atoms with Gasteiger partial charge in [0.2, 0.25) is 0 Å². The molecule has 6 heteroatoms. The molecule has 3 nitrogen and oxygen atoms in total. The van der Waals surface area contributed by atoms with Crippen LogP contribution in [0.5, 0.6) is 0 Å². The average molecular weight is 379 g/mol. The third-order valence-electron chi connectivity index (χ3n) is 3.15. The fourth-order valence-corrected chi connectivity index (χ4v) is 3.80. The number of rotatable bonds is 2. The van der Waals surface area contributed by atoms with Crippen LogP contribution in [0.15, 0.2) is 52.0 Å². The van der Waals surface area contributed by atoms with E-state index in [1.165, 1.54) is 11.8 Å². The van der Waals surface area contributed by atoms with E-state index in [1.807, 2.05) is 60.3 Å². The summed E-state index contributed by atoms with van der Waals surface area (Å²) in [5.41, 5.74) is 1.75. The molecule has 1 aromatic heterocycles. The number of thiocarbonyl (C=S) groups is 1. The molecule has 0 bridgehead atoms. The van der Waals surface area contributed by atoms with Crippen molar-refractivity contribution < 1.29 is 4.79 Å². The molecule has 106 valence electrons. The van der Waals surface area contributed by atoms with Crippen molar-refractivity contribution in [1.82, 2.24) is 4.57 Å². The minimum absolute atomic E-state index is 0.0851. The first-order valence-electron chi connectivity index (χ1n) is 6.22. The van der Waals surface area contributed by atoms with Gasteiger partial charge in [-0.1, -0.05) is 36.1 Å². The monoisotopic (exact) mass is 378 g/mol. The second-order valence-corrected chi connectivity index (χ2v) is 7.04. The number of thioether (sulfide) groups is 1. The molecule has 0 saturated carbocycles. The minimum atomic E-state index is -0.0851. The van der Waals surface area contributed by atoms with Gasteiger partial charge in [0.25, 0.3) is 5.91 Å². The lowest BCUT2D eigenvalue weighted by molar-refractivity contribution is -0.113. The van der Waals surface area contributed by atoms with Crippen LogP contribution in [0.4, 0.5) is 5.69 Å². The number of halogens is 1. The van der Waals surface area contributed by atoms with Gasteiger partial charge in [-0.2, -0.15) is 0 Å². The summed E-state index contributed by atoms with van der Waals surface area (Å²) in [6, 6.07) is 11.5. The van der Waals surface area contributed by atoms with E-state index in [4.69, 9.17) is 12.2 Å². The molecule has 3 rings (SSSR count). The summed E-state index contributed by atoms with van der Waals surface area (Å²) in [7, 11) is 1.94. The van der Waals surface area contributed by atoms with E-state index >= 15 is 0 Å². The van der Waals surface area contributed by atoms with Gasteiger partial charge in [-0.05, 0) is 46.3 Å². The zero-order valence-corrected chi connectivity index (χ0v) is 14.3.